The smallest absolute Gasteiger partial charge is 0.230 e. The Labute approximate surface area is 147 Å². The maximum absolute atomic E-state index is 13.4. The van der Waals surface area contributed by atoms with Crippen molar-refractivity contribution in [2.75, 3.05) is 13.1 Å². The van der Waals surface area contributed by atoms with Crippen LogP contribution in [0, 0.1) is 24.1 Å². The van der Waals surface area contributed by atoms with Crippen LogP contribution in [0.3, 0.4) is 0 Å². The molecule has 1 atom stereocenters. The highest BCUT2D eigenvalue weighted by Gasteiger charge is 2.52. The van der Waals surface area contributed by atoms with E-state index >= 15 is 0 Å². The van der Waals surface area contributed by atoms with E-state index in [0.717, 1.165) is 50.9 Å². The molecular weight excluding hydrogens is 317 g/mol. The van der Waals surface area contributed by atoms with E-state index in [1.807, 2.05) is 27.8 Å². The molecule has 2 aliphatic rings. The molecular formula is C20H24FN3O. The van der Waals surface area contributed by atoms with E-state index in [0.29, 0.717) is 17.4 Å². The molecule has 5 heteroatoms. The fourth-order valence-electron chi connectivity index (χ4n) is 4.01. The quantitative estimate of drug-likeness (QED) is 0.838. The first-order valence-electron chi connectivity index (χ1n) is 9.06. The average Bonchev–Trinajstić information content (AvgIpc) is 2.98. The monoisotopic (exact) mass is 341 g/mol. The molecule has 1 aromatic carbocycles. The van der Waals surface area contributed by atoms with Gasteiger partial charge in [-0.25, -0.2) is 9.37 Å². The zero-order valence-electron chi connectivity index (χ0n) is 14.6. The van der Waals surface area contributed by atoms with Crippen molar-refractivity contribution in [3.8, 4) is 0 Å². The minimum atomic E-state index is -0.206. The summed E-state index contributed by atoms with van der Waals surface area (Å²) in [6, 6.07) is 5.35. The summed E-state index contributed by atoms with van der Waals surface area (Å²) in [4.78, 5) is 19.1. The number of halogens is 1. The molecule has 1 amide bonds. The van der Waals surface area contributed by atoms with Crippen molar-refractivity contribution in [2.24, 2.45) is 11.3 Å². The number of hydrogen-bond donors (Lipinski definition) is 0. The topological polar surface area (TPSA) is 38.1 Å². The van der Waals surface area contributed by atoms with E-state index in [1.165, 1.54) is 0 Å². The lowest BCUT2D eigenvalue weighted by Gasteiger charge is -2.23. The fourth-order valence-corrected chi connectivity index (χ4v) is 4.01. The van der Waals surface area contributed by atoms with E-state index in [2.05, 4.69) is 4.98 Å². The molecule has 1 saturated heterocycles. The summed E-state index contributed by atoms with van der Waals surface area (Å²) < 4.78 is 15.4. The Morgan fingerprint density at radius 2 is 2.24 bits per heavy atom. The number of hydrogen-bond acceptors (Lipinski definition) is 2. The second-order valence-corrected chi connectivity index (χ2v) is 7.71. The van der Waals surface area contributed by atoms with E-state index in [9.17, 15) is 9.18 Å². The van der Waals surface area contributed by atoms with Crippen molar-refractivity contribution in [1.29, 1.82) is 0 Å². The molecule has 1 unspecified atom stereocenters. The molecule has 1 aromatic heterocycles. The van der Waals surface area contributed by atoms with Crippen molar-refractivity contribution >= 4 is 5.91 Å². The first-order valence-corrected chi connectivity index (χ1v) is 9.06. The van der Waals surface area contributed by atoms with Crippen molar-refractivity contribution < 1.29 is 9.18 Å². The van der Waals surface area contributed by atoms with Crippen LogP contribution < -0.4 is 0 Å². The van der Waals surface area contributed by atoms with Gasteiger partial charge in [0.25, 0.3) is 0 Å². The van der Waals surface area contributed by atoms with E-state index in [4.69, 9.17) is 0 Å². The zero-order valence-corrected chi connectivity index (χ0v) is 14.6. The zero-order chi connectivity index (χ0) is 17.4. The van der Waals surface area contributed by atoms with Gasteiger partial charge in [-0.15, -0.1) is 0 Å². The summed E-state index contributed by atoms with van der Waals surface area (Å²) in [7, 11) is 0. The van der Waals surface area contributed by atoms with Crippen molar-refractivity contribution in [1.82, 2.24) is 14.5 Å². The van der Waals surface area contributed by atoms with Crippen molar-refractivity contribution in [3.05, 3.63) is 53.9 Å². The molecule has 4 rings (SSSR count). The van der Waals surface area contributed by atoms with Gasteiger partial charge in [-0.1, -0.05) is 12.1 Å². The Morgan fingerprint density at radius 1 is 1.40 bits per heavy atom. The number of carbonyl (C=O) groups is 1. The molecule has 1 aliphatic carbocycles. The summed E-state index contributed by atoms with van der Waals surface area (Å²) in [6.45, 7) is 4.21. The molecule has 2 aromatic rings. The van der Waals surface area contributed by atoms with Gasteiger partial charge < -0.3 is 9.47 Å². The molecule has 1 aliphatic heterocycles. The maximum atomic E-state index is 13.4. The Kier molecular flexibility index (Phi) is 4.10. The lowest BCUT2D eigenvalue weighted by molar-refractivity contribution is -0.136. The Bertz CT molecular complexity index is 767. The summed E-state index contributed by atoms with van der Waals surface area (Å²) in [5, 5.41) is 0. The first kappa shape index (κ1) is 16.3. The number of rotatable bonds is 5. The van der Waals surface area contributed by atoms with Crippen molar-refractivity contribution in [2.45, 2.75) is 39.2 Å². The normalized spacial score (nSPS) is 21.5. The number of imidazole rings is 1. The highest BCUT2D eigenvalue weighted by molar-refractivity contribution is 5.85. The van der Waals surface area contributed by atoms with Crippen molar-refractivity contribution in [3.63, 3.8) is 0 Å². The summed E-state index contributed by atoms with van der Waals surface area (Å²) in [5.41, 5.74) is 1.65. The minimum Gasteiger partial charge on any atom is -0.342 e. The lowest BCUT2D eigenvalue weighted by Crippen LogP contribution is -2.37. The third kappa shape index (κ3) is 3.32. The van der Waals surface area contributed by atoms with Gasteiger partial charge in [0.05, 0.1) is 11.7 Å². The van der Waals surface area contributed by atoms with Crippen LogP contribution in [0.1, 0.15) is 30.4 Å². The van der Waals surface area contributed by atoms with Gasteiger partial charge in [0.1, 0.15) is 5.82 Å². The fraction of sp³-hybridized carbons (Fsp3) is 0.500. The third-order valence-electron chi connectivity index (χ3n) is 5.67. The molecule has 2 fully saturated rings. The van der Waals surface area contributed by atoms with Gasteiger partial charge in [0.15, 0.2) is 0 Å². The van der Waals surface area contributed by atoms with E-state index in [1.54, 1.807) is 25.5 Å². The molecule has 132 valence electrons. The first-order chi connectivity index (χ1) is 12.1. The van der Waals surface area contributed by atoms with Gasteiger partial charge in [0.2, 0.25) is 5.91 Å². The molecule has 0 radical (unpaired) electrons. The van der Waals surface area contributed by atoms with Gasteiger partial charge in [-0.2, -0.15) is 0 Å². The summed E-state index contributed by atoms with van der Waals surface area (Å²) in [6.07, 6.45) is 9.37. The van der Waals surface area contributed by atoms with Gasteiger partial charge in [0, 0.05) is 32.0 Å². The Morgan fingerprint density at radius 3 is 2.92 bits per heavy atom. The van der Waals surface area contributed by atoms with Crippen LogP contribution in [0.5, 0.6) is 0 Å². The number of aromatic nitrogens is 2. The maximum Gasteiger partial charge on any atom is 0.230 e. The molecule has 1 saturated carbocycles. The second kappa shape index (κ2) is 6.28. The highest BCUT2D eigenvalue weighted by Crippen LogP contribution is 2.49. The minimum absolute atomic E-state index is 0.151. The van der Waals surface area contributed by atoms with Gasteiger partial charge in [-0.05, 0) is 55.7 Å². The number of benzene rings is 1. The van der Waals surface area contributed by atoms with Crippen LogP contribution in [0.4, 0.5) is 4.39 Å². The van der Waals surface area contributed by atoms with Crippen LogP contribution in [0.25, 0.3) is 0 Å². The lowest BCUT2D eigenvalue weighted by atomic mass is 9.97. The molecule has 0 spiro atoms. The molecule has 25 heavy (non-hydrogen) atoms. The number of likely N-dealkylation sites (tertiary alicyclic amines) is 1. The van der Waals surface area contributed by atoms with Crippen LogP contribution in [0.15, 0.2) is 36.9 Å². The van der Waals surface area contributed by atoms with Crippen LogP contribution >= 0.6 is 0 Å². The summed E-state index contributed by atoms with van der Waals surface area (Å²) >= 11 is 0. The predicted molar refractivity (Wildman–Crippen MR) is 93.4 cm³/mol. The number of aryl methyl sites for hydroxylation is 1. The number of nitrogens with zero attached hydrogens (tertiary/aromatic N) is 3. The Hall–Kier alpha value is -2.17. The van der Waals surface area contributed by atoms with Crippen LogP contribution in [-0.4, -0.2) is 33.4 Å². The third-order valence-corrected chi connectivity index (χ3v) is 5.67. The predicted octanol–water partition coefficient (Wildman–Crippen LogP) is 3.20. The molecule has 4 nitrogen and oxygen atoms in total. The standard InChI is InChI=1S/C20H24FN3O/c1-15-10-16(2-3-18(15)21)11-17-4-8-24(12-17)19(25)20(5-6-20)13-23-9-7-22-14-23/h2-3,7,9-10,14,17H,4-6,8,11-13H2,1H3. The van der Waals surface area contributed by atoms with Gasteiger partial charge in [-0.3, -0.25) is 4.79 Å². The average molecular weight is 341 g/mol. The van der Waals surface area contributed by atoms with E-state index in [-0.39, 0.29) is 11.2 Å². The Balaban J connectivity index is 1.37. The van der Waals surface area contributed by atoms with Crippen LogP contribution in [-0.2, 0) is 17.8 Å². The summed E-state index contributed by atoms with van der Waals surface area (Å²) in [5.74, 6) is 0.624. The van der Waals surface area contributed by atoms with E-state index < -0.39 is 0 Å². The SMILES string of the molecule is Cc1cc(CC2CCN(C(=O)C3(Cn4ccnc4)CC3)C2)ccc1F. The molecule has 2 heterocycles. The number of carbonyl (C=O) groups excluding carboxylic acids is 1. The largest absolute Gasteiger partial charge is 0.342 e. The highest BCUT2D eigenvalue weighted by atomic mass is 19.1. The van der Waals surface area contributed by atoms with Crippen LogP contribution in [0.2, 0.25) is 0 Å². The molecule has 0 N–H and O–H groups in total. The van der Waals surface area contributed by atoms with Gasteiger partial charge >= 0.3 is 0 Å². The second-order valence-electron chi connectivity index (χ2n) is 7.71. The molecule has 0 bridgehead atoms. The number of amides is 1.